The number of aliphatic imine (C=N–C) groups is 1. The van der Waals surface area contributed by atoms with Crippen LogP contribution in [0.1, 0.15) is 40.6 Å². The molecule has 1 aliphatic heterocycles. The molecule has 0 unspecified atom stereocenters. The summed E-state index contributed by atoms with van der Waals surface area (Å²) < 4.78 is 12.7. The van der Waals surface area contributed by atoms with Crippen LogP contribution in [0.25, 0.3) is 0 Å². The van der Waals surface area contributed by atoms with Crippen molar-refractivity contribution in [1.82, 2.24) is 0 Å². The fourth-order valence-corrected chi connectivity index (χ4v) is 6.39. The van der Waals surface area contributed by atoms with Crippen LogP contribution in [0.2, 0.25) is 5.02 Å². The van der Waals surface area contributed by atoms with Crippen LogP contribution in [0, 0.1) is 9.49 Å². The molecule has 6 rings (SSSR count). The summed E-state index contributed by atoms with van der Waals surface area (Å²) in [5.74, 6) is 2.40. The minimum atomic E-state index is 0.282. The summed E-state index contributed by atoms with van der Waals surface area (Å²) in [7, 11) is 1.66. The highest BCUT2D eigenvalue weighted by Crippen LogP contribution is 2.49. The number of ether oxygens (including phenoxy) is 2. The Morgan fingerprint density at radius 1 is 1.03 bits per heavy atom. The Morgan fingerprint density at radius 3 is 2.62 bits per heavy atom. The van der Waals surface area contributed by atoms with Gasteiger partial charge in [-0.1, -0.05) is 66.2 Å². The van der Waals surface area contributed by atoms with Crippen molar-refractivity contribution in [3.63, 3.8) is 0 Å². The predicted molar refractivity (Wildman–Crippen MR) is 168 cm³/mol. The van der Waals surface area contributed by atoms with Gasteiger partial charge in [0.1, 0.15) is 6.61 Å². The molecular formula is C33H28ClIN2O2. The van der Waals surface area contributed by atoms with Gasteiger partial charge in [-0.25, -0.2) is 0 Å². The molecule has 2 aliphatic rings. The molecule has 0 radical (unpaired) electrons. The fraction of sp³-hybridized carbons (Fsp3) is 0.182. The molecular weight excluding hydrogens is 619 g/mol. The smallest absolute Gasteiger partial charge is 0.174 e. The molecule has 0 amide bonds. The summed E-state index contributed by atoms with van der Waals surface area (Å²) in [6, 6.07) is 29.2. The van der Waals surface area contributed by atoms with E-state index in [0.717, 1.165) is 32.6 Å². The number of anilines is 1. The largest absolute Gasteiger partial charge is 0.493 e. The van der Waals surface area contributed by atoms with Gasteiger partial charge >= 0.3 is 0 Å². The van der Waals surface area contributed by atoms with Crippen molar-refractivity contribution < 1.29 is 9.47 Å². The van der Waals surface area contributed by atoms with Gasteiger partial charge in [-0.3, -0.25) is 4.99 Å². The predicted octanol–water partition coefficient (Wildman–Crippen LogP) is 9.11. The van der Waals surface area contributed by atoms with E-state index in [1.165, 1.54) is 16.8 Å². The van der Waals surface area contributed by atoms with Crippen LogP contribution in [-0.2, 0) is 6.61 Å². The Kier molecular flexibility index (Phi) is 7.62. The molecule has 0 fully saturated rings. The Hall–Kier alpha value is -3.29. The van der Waals surface area contributed by atoms with Crippen LogP contribution in [0.3, 0.4) is 0 Å². The van der Waals surface area contributed by atoms with Crippen LogP contribution >= 0.6 is 34.2 Å². The number of hydrogen-bond acceptors (Lipinski definition) is 4. The Morgan fingerprint density at radius 2 is 1.82 bits per heavy atom. The monoisotopic (exact) mass is 646 g/mol. The molecule has 4 nitrogen and oxygen atoms in total. The first-order valence-corrected chi connectivity index (χ1v) is 14.5. The lowest BCUT2D eigenvalue weighted by molar-refractivity contribution is 0.282. The number of hydrogen-bond donors (Lipinski definition) is 1. The van der Waals surface area contributed by atoms with E-state index in [1.807, 2.05) is 36.5 Å². The first-order valence-electron chi connectivity index (χ1n) is 13.0. The van der Waals surface area contributed by atoms with E-state index < -0.39 is 0 Å². The molecule has 0 saturated carbocycles. The maximum atomic E-state index is 6.09. The topological polar surface area (TPSA) is 42.8 Å². The van der Waals surface area contributed by atoms with Crippen LogP contribution < -0.4 is 14.8 Å². The van der Waals surface area contributed by atoms with Gasteiger partial charge in [0.05, 0.1) is 22.4 Å². The lowest BCUT2D eigenvalue weighted by Crippen LogP contribution is -2.28. The van der Waals surface area contributed by atoms with Crippen molar-refractivity contribution >= 4 is 51.8 Å². The molecule has 4 aromatic rings. The van der Waals surface area contributed by atoms with Gasteiger partial charge in [0.2, 0.25) is 0 Å². The quantitative estimate of drug-likeness (QED) is 0.124. The summed E-state index contributed by atoms with van der Waals surface area (Å²) in [5, 5.41) is 4.51. The lowest BCUT2D eigenvalue weighted by Gasteiger charge is -2.37. The number of allylic oxidation sites excluding steroid dienone is 2. The molecule has 1 heterocycles. The molecule has 4 aromatic carbocycles. The van der Waals surface area contributed by atoms with Gasteiger partial charge < -0.3 is 14.8 Å². The van der Waals surface area contributed by atoms with Crippen LogP contribution in [0.5, 0.6) is 11.5 Å². The number of benzene rings is 4. The first-order chi connectivity index (χ1) is 19.1. The summed E-state index contributed by atoms with van der Waals surface area (Å²) in [4.78, 5) is 4.74. The lowest BCUT2D eigenvalue weighted by atomic mass is 9.77. The van der Waals surface area contributed by atoms with E-state index in [1.54, 1.807) is 7.11 Å². The minimum Gasteiger partial charge on any atom is -0.493 e. The number of nitrogens with zero attached hydrogens (tertiary/aromatic N) is 1. The number of methoxy groups -OCH3 is 1. The van der Waals surface area contributed by atoms with Gasteiger partial charge in [0.15, 0.2) is 11.5 Å². The normalized spacial score (nSPS) is 19.4. The summed E-state index contributed by atoms with van der Waals surface area (Å²) in [5.41, 5.74) is 6.83. The number of para-hydroxylation sites is 1. The zero-order valence-corrected chi connectivity index (χ0v) is 24.4. The van der Waals surface area contributed by atoms with Crippen LogP contribution in [-0.4, -0.2) is 13.3 Å². The molecule has 39 heavy (non-hydrogen) atoms. The molecule has 1 N–H and O–H groups in total. The van der Waals surface area contributed by atoms with Crippen molar-refractivity contribution in [2.24, 2.45) is 10.9 Å². The van der Waals surface area contributed by atoms with Gasteiger partial charge in [0, 0.05) is 22.8 Å². The molecule has 0 bridgehead atoms. The number of fused-ring (bicyclic) bond motifs is 3. The van der Waals surface area contributed by atoms with E-state index in [2.05, 4.69) is 94.7 Å². The summed E-state index contributed by atoms with van der Waals surface area (Å²) >= 11 is 8.27. The molecule has 1 aliphatic carbocycles. The second-order valence-corrected chi connectivity index (χ2v) is 11.5. The fourth-order valence-electron chi connectivity index (χ4n) is 5.48. The van der Waals surface area contributed by atoms with E-state index in [0.29, 0.717) is 29.2 Å². The maximum absolute atomic E-state index is 6.09. The second kappa shape index (κ2) is 11.4. The molecule has 3 atom stereocenters. The molecule has 0 aromatic heterocycles. The molecule has 196 valence electrons. The van der Waals surface area contributed by atoms with Crippen molar-refractivity contribution in [1.29, 1.82) is 0 Å². The molecule has 0 spiro atoms. The van der Waals surface area contributed by atoms with E-state index in [-0.39, 0.29) is 6.04 Å². The Labute approximate surface area is 247 Å². The van der Waals surface area contributed by atoms with Gasteiger partial charge in [-0.05, 0) is 99.6 Å². The molecule has 0 saturated heterocycles. The summed E-state index contributed by atoms with van der Waals surface area (Å²) in [6.45, 7) is 0.433. The maximum Gasteiger partial charge on any atom is 0.174 e. The first kappa shape index (κ1) is 26.0. The van der Waals surface area contributed by atoms with E-state index in [4.69, 9.17) is 26.1 Å². The van der Waals surface area contributed by atoms with Crippen molar-refractivity contribution in [2.45, 2.75) is 25.0 Å². The van der Waals surface area contributed by atoms with Crippen molar-refractivity contribution in [3.8, 4) is 11.5 Å². The van der Waals surface area contributed by atoms with Gasteiger partial charge in [0.25, 0.3) is 0 Å². The van der Waals surface area contributed by atoms with Crippen LogP contribution in [0.4, 0.5) is 11.4 Å². The van der Waals surface area contributed by atoms with Gasteiger partial charge in [-0.2, -0.15) is 0 Å². The van der Waals surface area contributed by atoms with Crippen molar-refractivity contribution in [2.75, 3.05) is 12.4 Å². The highest BCUT2D eigenvalue weighted by Gasteiger charge is 2.37. The average molecular weight is 647 g/mol. The van der Waals surface area contributed by atoms with E-state index in [9.17, 15) is 0 Å². The highest BCUT2D eigenvalue weighted by molar-refractivity contribution is 14.1. The third kappa shape index (κ3) is 5.56. The Bertz CT molecular complexity index is 1530. The highest BCUT2D eigenvalue weighted by atomic mass is 127. The molecule has 6 heteroatoms. The SMILES string of the molecule is COc1cc(C=Nc2ccc([C@@H]3Nc4ccccc4[C@@H]4C=CC[C@@H]43)cc2)cc(I)c1OCc1ccc(Cl)cc1. The third-order valence-electron chi connectivity index (χ3n) is 7.44. The van der Waals surface area contributed by atoms with Gasteiger partial charge in [-0.15, -0.1) is 0 Å². The average Bonchev–Trinajstić information content (AvgIpc) is 3.46. The number of nitrogens with one attached hydrogen (secondary N) is 1. The van der Waals surface area contributed by atoms with Crippen LogP contribution in [0.15, 0.2) is 102 Å². The number of halogens is 2. The zero-order valence-electron chi connectivity index (χ0n) is 21.5. The minimum absolute atomic E-state index is 0.282. The third-order valence-corrected chi connectivity index (χ3v) is 8.49. The van der Waals surface area contributed by atoms with Crippen molar-refractivity contribution in [3.05, 3.63) is 128 Å². The Balaban J connectivity index is 1.16. The second-order valence-electron chi connectivity index (χ2n) is 9.86. The standard InChI is InChI=1S/C33H28ClIN2O2/c1-38-31-18-22(17-29(35)33(31)39-20-21-9-13-24(34)14-10-21)19-36-25-15-11-23(12-16-25)32-28-7-4-6-26(28)27-5-2-3-8-30(27)37-32/h2-6,8-19,26,28,32,37H,7,20H2,1H3/t26-,28-,32-/m0/s1. The number of rotatable bonds is 7. The summed E-state index contributed by atoms with van der Waals surface area (Å²) in [6.07, 6.45) is 7.67. The van der Waals surface area contributed by atoms with E-state index >= 15 is 0 Å². The zero-order chi connectivity index (χ0) is 26.8.